The van der Waals surface area contributed by atoms with Crippen LogP contribution in [0.15, 0.2) is 6.33 Å². The van der Waals surface area contributed by atoms with Gasteiger partial charge in [-0.25, -0.2) is 9.67 Å². The molecule has 0 spiro atoms. The lowest BCUT2D eigenvalue weighted by Gasteiger charge is -2.06. The summed E-state index contributed by atoms with van der Waals surface area (Å²) in [7, 11) is 0. The number of nitrogens with zero attached hydrogens (tertiary/aromatic N) is 5. The number of rotatable bonds is 5. The van der Waals surface area contributed by atoms with Crippen molar-refractivity contribution in [1.82, 2.24) is 24.5 Å². The van der Waals surface area contributed by atoms with E-state index in [1.54, 1.807) is 11.6 Å². The SMILES string of the molecule is CCn1ncnc1COC(=O)Cn1nc(C)c(N)c1C. The van der Waals surface area contributed by atoms with Crippen LogP contribution in [0.1, 0.15) is 24.1 Å². The molecule has 0 bridgehead atoms. The summed E-state index contributed by atoms with van der Waals surface area (Å²) in [6.45, 7) is 6.37. The van der Waals surface area contributed by atoms with Gasteiger partial charge in [0, 0.05) is 6.54 Å². The maximum atomic E-state index is 11.8. The van der Waals surface area contributed by atoms with E-state index in [9.17, 15) is 4.79 Å². The molecular formula is C12H18N6O2. The largest absolute Gasteiger partial charge is 0.456 e. The summed E-state index contributed by atoms with van der Waals surface area (Å²) < 4.78 is 8.39. The summed E-state index contributed by atoms with van der Waals surface area (Å²) in [5, 5.41) is 8.19. The predicted molar refractivity (Wildman–Crippen MR) is 71.6 cm³/mol. The van der Waals surface area contributed by atoms with Gasteiger partial charge in [-0.3, -0.25) is 9.48 Å². The monoisotopic (exact) mass is 278 g/mol. The topological polar surface area (TPSA) is 101 Å². The van der Waals surface area contributed by atoms with E-state index < -0.39 is 0 Å². The summed E-state index contributed by atoms with van der Waals surface area (Å²) in [6.07, 6.45) is 1.44. The standard InChI is InChI=1S/C12H18N6O2/c1-4-17-10(14-7-15-17)6-20-11(19)5-18-9(3)12(13)8(2)16-18/h7H,4-6,13H2,1-3H3. The molecule has 0 atom stereocenters. The zero-order valence-corrected chi connectivity index (χ0v) is 11.8. The number of aromatic nitrogens is 5. The molecular weight excluding hydrogens is 260 g/mol. The molecule has 20 heavy (non-hydrogen) atoms. The van der Waals surface area contributed by atoms with Gasteiger partial charge in [0.15, 0.2) is 12.4 Å². The van der Waals surface area contributed by atoms with E-state index in [0.29, 0.717) is 23.8 Å². The van der Waals surface area contributed by atoms with Crippen LogP contribution in [0.5, 0.6) is 0 Å². The number of ether oxygens (including phenoxy) is 1. The molecule has 0 aliphatic rings. The van der Waals surface area contributed by atoms with Gasteiger partial charge in [0.2, 0.25) is 0 Å². The lowest BCUT2D eigenvalue weighted by Crippen LogP contribution is -2.17. The maximum Gasteiger partial charge on any atom is 0.328 e. The second-order valence-corrected chi connectivity index (χ2v) is 4.39. The Bertz CT molecular complexity index is 615. The van der Waals surface area contributed by atoms with Crippen LogP contribution in [0, 0.1) is 13.8 Å². The number of anilines is 1. The number of carbonyl (C=O) groups excluding carboxylic acids is 1. The molecule has 0 saturated carbocycles. The first-order valence-corrected chi connectivity index (χ1v) is 6.34. The quantitative estimate of drug-likeness (QED) is 0.796. The molecule has 0 radical (unpaired) electrons. The normalized spacial score (nSPS) is 10.8. The molecule has 2 N–H and O–H groups in total. The molecule has 0 amide bonds. The Morgan fingerprint density at radius 2 is 2.15 bits per heavy atom. The van der Waals surface area contributed by atoms with E-state index in [1.807, 2.05) is 13.8 Å². The van der Waals surface area contributed by atoms with Gasteiger partial charge in [-0.2, -0.15) is 10.2 Å². The second-order valence-electron chi connectivity index (χ2n) is 4.39. The summed E-state index contributed by atoms with van der Waals surface area (Å²) in [5.41, 5.74) is 7.88. The van der Waals surface area contributed by atoms with Gasteiger partial charge in [-0.15, -0.1) is 0 Å². The summed E-state index contributed by atoms with van der Waals surface area (Å²) in [5.74, 6) is 0.231. The smallest absolute Gasteiger partial charge is 0.328 e. The third-order valence-corrected chi connectivity index (χ3v) is 3.07. The van der Waals surface area contributed by atoms with Gasteiger partial charge in [0.25, 0.3) is 0 Å². The van der Waals surface area contributed by atoms with Crippen molar-refractivity contribution >= 4 is 11.7 Å². The van der Waals surface area contributed by atoms with Crippen molar-refractivity contribution in [1.29, 1.82) is 0 Å². The molecule has 0 aromatic carbocycles. The Hall–Kier alpha value is -2.38. The first kappa shape index (κ1) is 14.0. The Morgan fingerprint density at radius 3 is 2.75 bits per heavy atom. The van der Waals surface area contributed by atoms with Crippen LogP contribution in [0.25, 0.3) is 0 Å². The van der Waals surface area contributed by atoms with Crippen molar-refractivity contribution in [3.63, 3.8) is 0 Å². The van der Waals surface area contributed by atoms with Gasteiger partial charge in [0.05, 0.1) is 17.1 Å². The highest BCUT2D eigenvalue weighted by Gasteiger charge is 2.13. The van der Waals surface area contributed by atoms with E-state index in [0.717, 1.165) is 5.69 Å². The van der Waals surface area contributed by atoms with Gasteiger partial charge in [0.1, 0.15) is 12.9 Å². The highest BCUT2D eigenvalue weighted by molar-refractivity contribution is 5.69. The number of hydrogen-bond donors (Lipinski definition) is 1. The van der Waals surface area contributed by atoms with Crippen molar-refractivity contribution in [3.8, 4) is 0 Å². The van der Waals surface area contributed by atoms with Gasteiger partial charge >= 0.3 is 5.97 Å². The number of hydrogen-bond acceptors (Lipinski definition) is 6. The fourth-order valence-corrected chi connectivity index (χ4v) is 1.84. The maximum absolute atomic E-state index is 11.8. The molecule has 8 heteroatoms. The van der Waals surface area contributed by atoms with Crippen LogP contribution in [0.3, 0.4) is 0 Å². The van der Waals surface area contributed by atoms with Crippen LogP contribution in [-0.4, -0.2) is 30.5 Å². The zero-order valence-electron chi connectivity index (χ0n) is 11.8. The summed E-state index contributed by atoms with van der Waals surface area (Å²) in [6, 6.07) is 0. The minimum Gasteiger partial charge on any atom is -0.456 e. The summed E-state index contributed by atoms with van der Waals surface area (Å²) in [4.78, 5) is 15.8. The van der Waals surface area contributed by atoms with Crippen LogP contribution in [-0.2, 0) is 29.2 Å². The van der Waals surface area contributed by atoms with Crippen molar-refractivity contribution in [2.24, 2.45) is 0 Å². The number of carbonyl (C=O) groups is 1. The third kappa shape index (κ3) is 2.79. The van der Waals surface area contributed by atoms with E-state index >= 15 is 0 Å². The molecule has 2 rings (SSSR count). The van der Waals surface area contributed by atoms with Crippen LogP contribution in [0.4, 0.5) is 5.69 Å². The fraction of sp³-hybridized carbons (Fsp3) is 0.500. The van der Waals surface area contributed by atoms with E-state index in [1.165, 1.54) is 11.0 Å². The molecule has 8 nitrogen and oxygen atoms in total. The van der Waals surface area contributed by atoms with Crippen molar-refractivity contribution in [2.75, 3.05) is 5.73 Å². The molecule has 2 aromatic rings. The van der Waals surface area contributed by atoms with Crippen LogP contribution >= 0.6 is 0 Å². The molecule has 2 aromatic heterocycles. The summed E-state index contributed by atoms with van der Waals surface area (Å²) >= 11 is 0. The molecule has 2 heterocycles. The van der Waals surface area contributed by atoms with Gasteiger partial charge in [-0.05, 0) is 20.8 Å². The predicted octanol–water partition coefficient (Wildman–Crippen LogP) is 0.437. The molecule has 0 saturated heterocycles. The van der Waals surface area contributed by atoms with Crippen molar-refractivity contribution in [2.45, 2.75) is 40.5 Å². The van der Waals surface area contributed by atoms with Gasteiger partial charge in [-0.1, -0.05) is 0 Å². The third-order valence-electron chi connectivity index (χ3n) is 3.07. The van der Waals surface area contributed by atoms with E-state index in [2.05, 4.69) is 15.2 Å². The zero-order chi connectivity index (χ0) is 14.7. The minimum absolute atomic E-state index is 0.0319. The Morgan fingerprint density at radius 1 is 1.40 bits per heavy atom. The van der Waals surface area contributed by atoms with E-state index in [-0.39, 0.29) is 19.1 Å². The molecule has 108 valence electrons. The van der Waals surface area contributed by atoms with Crippen molar-refractivity contribution < 1.29 is 9.53 Å². The molecule has 0 aliphatic heterocycles. The first-order valence-electron chi connectivity index (χ1n) is 6.34. The fourth-order valence-electron chi connectivity index (χ4n) is 1.84. The Labute approximate surface area is 116 Å². The Kier molecular flexibility index (Phi) is 4.02. The minimum atomic E-state index is -0.388. The number of esters is 1. The number of aryl methyl sites for hydroxylation is 2. The van der Waals surface area contributed by atoms with Gasteiger partial charge < -0.3 is 10.5 Å². The molecule has 0 unspecified atom stereocenters. The average Bonchev–Trinajstić information content (AvgIpc) is 2.97. The molecule has 0 fully saturated rings. The number of nitrogen functional groups attached to an aromatic ring is 1. The van der Waals surface area contributed by atoms with Crippen LogP contribution in [0.2, 0.25) is 0 Å². The highest BCUT2D eigenvalue weighted by atomic mass is 16.5. The first-order chi connectivity index (χ1) is 9.52. The lowest BCUT2D eigenvalue weighted by atomic mass is 10.3. The second kappa shape index (κ2) is 5.72. The Balaban J connectivity index is 1.94. The van der Waals surface area contributed by atoms with E-state index in [4.69, 9.17) is 10.5 Å². The number of nitrogens with two attached hydrogens (primary N) is 1. The highest BCUT2D eigenvalue weighted by Crippen LogP contribution is 2.14. The lowest BCUT2D eigenvalue weighted by molar-refractivity contribution is -0.146. The molecule has 0 aliphatic carbocycles. The van der Waals surface area contributed by atoms with Crippen molar-refractivity contribution in [3.05, 3.63) is 23.5 Å². The average molecular weight is 278 g/mol. The van der Waals surface area contributed by atoms with Crippen LogP contribution < -0.4 is 5.73 Å².